The summed E-state index contributed by atoms with van der Waals surface area (Å²) in [4.78, 5) is 45.3. The van der Waals surface area contributed by atoms with Crippen LogP contribution in [0.5, 0.6) is 0 Å². The number of hydrogen-bond donors (Lipinski definition) is 1. The molecule has 0 aliphatic carbocycles. The quantitative estimate of drug-likeness (QED) is 0.312. The van der Waals surface area contributed by atoms with Crippen LogP contribution < -0.4 is 0 Å². The van der Waals surface area contributed by atoms with E-state index in [1.807, 2.05) is 45.1 Å². The lowest BCUT2D eigenvalue weighted by molar-refractivity contribution is -0.162. The molecule has 2 amide bonds. The zero-order chi connectivity index (χ0) is 26.1. The molecule has 2 saturated heterocycles. The molecule has 7 atom stereocenters. The Morgan fingerprint density at radius 2 is 1.89 bits per heavy atom. The molecule has 2 fully saturated rings. The molecule has 0 radical (unpaired) electrons. The van der Waals surface area contributed by atoms with Gasteiger partial charge in [-0.3, -0.25) is 14.4 Å². The van der Waals surface area contributed by atoms with Gasteiger partial charge in [0.1, 0.15) is 17.6 Å². The molecule has 1 unspecified atom stereocenters. The SMILES string of the molecule is CCCCCN1CC=C[C@]23O[C@@]4(C)/C=C\CCCOC(=O)[C@H]4[C@H]2C(=O)N([C@@H](CO)[C@@H](C)CC)C3C1=O. The zero-order valence-corrected chi connectivity index (χ0v) is 22.2. The van der Waals surface area contributed by atoms with Crippen molar-refractivity contribution in [3.05, 3.63) is 24.3 Å². The summed E-state index contributed by atoms with van der Waals surface area (Å²) in [6.07, 6.45) is 12.7. The van der Waals surface area contributed by atoms with Crippen LogP contribution in [0.4, 0.5) is 0 Å². The lowest BCUT2D eigenvalue weighted by atomic mass is 9.74. The number of fused-ring (bicyclic) bond motifs is 2. The molecule has 0 aromatic heterocycles. The summed E-state index contributed by atoms with van der Waals surface area (Å²) in [6, 6.07) is -1.50. The van der Waals surface area contributed by atoms with Gasteiger partial charge in [-0.1, -0.05) is 64.3 Å². The predicted molar refractivity (Wildman–Crippen MR) is 135 cm³/mol. The summed E-state index contributed by atoms with van der Waals surface area (Å²) < 4.78 is 12.4. The van der Waals surface area contributed by atoms with E-state index in [2.05, 4.69) is 6.92 Å². The Hall–Kier alpha value is -2.19. The number of ether oxygens (including phenoxy) is 2. The minimum atomic E-state index is -1.31. The Labute approximate surface area is 214 Å². The van der Waals surface area contributed by atoms with E-state index in [1.54, 1.807) is 9.80 Å². The third-order valence-electron chi connectivity index (χ3n) is 8.65. The first kappa shape index (κ1) is 26.9. The van der Waals surface area contributed by atoms with Gasteiger partial charge >= 0.3 is 5.97 Å². The molecular weight excluding hydrogens is 460 g/mol. The van der Waals surface area contributed by atoms with Gasteiger partial charge in [-0.25, -0.2) is 0 Å². The molecule has 36 heavy (non-hydrogen) atoms. The number of likely N-dealkylation sites (tertiary alicyclic amines) is 1. The molecule has 8 heteroatoms. The fourth-order valence-corrected chi connectivity index (χ4v) is 6.55. The summed E-state index contributed by atoms with van der Waals surface area (Å²) in [5, 5.41) is 10.4. The monoisotopic (exact) mass is 502 g/mol. The molecule has 4 aliphatic heterocycles. The second-order valence-electron chi connectivity index (χ2n) is 11.0. The van der Waals surface area contributed by atoms with Crippen LogP contribution in [-0.4, -0.2) is 82.3 Å². The maximum Gasteiger partial charge on any atom is 0.313 e. The van der Waals surface area contributed by atoms with E-state index < -0.39 is 41.1 Å². The average Bonchev–Trinajstić information content (AvgIpc) is 3.21. The predicted octanol–water partition coefficient (Wildman–Crippen LogP) is 2.85. The van der Waals surface area contributed by atoms with Crippen molar-refractivity contribution in [1.29, 1.82) is 0 Å². The fraction of sp³-hybridized carbons (Fsp3) is 0.750. The number of rotatable bonds is 8. The van der Waals surface area contributed by atoms with Gasteiger partial charge in [-0.15, -0.1) is 0 Å². The van der Waals surface area contributed by atoms with Crippen molar-refractivity contribution < 1.29 is 29.0 Å². The molecule has 0 bridgehead atoms. The third-order valence-corrected chi connectivity index (χ3v) is 8.65. The van der Waals surface area contributed by atoms with E-state index in [-0.39, 0.29) is 30.9 Å². The number of allylic oxidation sites excluding steroid dienone is 1. The summed E-state index contributed by atoms with van der Waals surface area (Å²) in [5.41, 5.74) is -2.39. The van der Waals surface area contributed by atoms with Gasteiger partial charge < -0.3 is 24.4 Å². The molecule has 0 saturated carbocycles. The Kier molecular flexibility index (Phi) is 7.95. The van der Waals surface area contributed by atoms with E-state index in [0.29, 0.717) is 19.5 Å². The van der Waals surface area contributed by atoms with Gasteiger partial charge in [0, 0.05) is 13.1 Å². The van der Waals surface area contributed by atoms with E-state index in [1.165, 1.54) is 0 Å². The van der Waals surface area contributed by atoms with Crippen LogP contribution in [0.3, 0.4) is 0 Å². The standard InChI is InChI=1S/C28H42N2O6/c1-5-7-10-15-29-16-12-14-28-21(22-26(34)35-17-11-8-9-13-27(22,4)36-28)24(32)30(23(28)25(29)33)20(18-31)19(3)6-2/h9,12-14,19-23,31H,5-8,10-11,15-18H2,1-4H3/b13-9-/t19-,20-,21-,22+,23?,27-,28-/m0/s1. The Bertz CT molecular complexity index is 918. The van der Waals surface area contributed by atoms with Crippen LogP contribution in [0.2, 0.25) is 0 Å². The number of cyclic esters (lactones) is 1. The lowest BCUT2D eigenvalue weighted by Crippen LogP contribution is -2.59. The average molecular weight is 503 g/mol. The van der Waals surface area contributed by atoms with Gasteiger partial charge in [0.25, 0.3) is 0 Å². The maximum atomic E-state index is 14.3. The second kappa shape index (κ2) is 10.7. The highest BCUT2D eigenvalue weighted by atomic mass is 16.6. The first-order valence-corrected chi connectivity index (χ1v) is 13.7. The van der Waals surface area contributed by atoms with Gasteiger partial charge in [0.2, 0.25) is 11.8 Å². The summed E-state index contributed by atoms with van der Waals surface area (Å²) in [7, 11) is 0. The molecule has 4 aliphatic rings. The van der Waals surface area contributed by atoms with Gasteiger partial charge in [0.15, 0.2) is 0 Å². The topological polar surface area (TPSA) is 96.4 Å². The molecule has 0 aromatic rings. The van der Waals surface area contributed by atoms with Crippen LogP contribution in [0, 0.1) is 17.8 Å². The smallest absolute Gasteiger partial charge is 0.313 e. The van der Waals surface area contributed by atoms with Gasteiger partial charge in [-0.2, -0.15) is 0 Å². The highest BCUT2D eigenvalue weighted by molar-refractivity contribution is 5.99. The first-order chi connectivity index (χ1) is 17.3. The number of carbonyl (C=O) groups excluding carboxylic acids is 3. The van der Waals surface area contributed by atoms with Crippen LogP contribution in [0.25, 0.3) is 0 Å². The molecule has 4 heterocycles. The highest BCUT2D eigenvalue weighted by Crippen LogP contribution is 2.57. The van der Waals surface area contributed by atoms with Crippen LogP contribution in [-0.2, 0) is 23.9 Å². The zero-order valence-electron chi connectivity index (χ0n) is 22.2. The molecular formula is C28H42N2O6. The van der Waals surface area contributed by atoms with Crippen molar-refractivity contribution in [1.82, 2.24) is 9.80 Å². The molecule has 8 nitrogen and oxygen atoms in total. The Morgan fingerprint density at radius 1 is 1.11 bits per heavy atom. The van der Waals surface area contributed by atoms with Crippen LogP contribution in [0.1, 0.15) is 66.2 Å². The van der Waals surface area contributed by atoms with Gasteiger partial charge in [0.05, 0.1) is 30.8 Å². The minimum Gasteiger partial charge on any atom is -0.465 e. The van der Waals surface area contributed by atoms with Gasteiger partial charge in [-0.05, 0) is 32.1 Å². The van der Waals surface area contributed by atoms with Crippen LogP contribution in [0.15, 0.2) is 24.3 Å². The Balaban J connectivity index is 1.85. The summed E-state index contributed by atoms with van der Waals surface area (Å²) >= 11 is 0. The van der Waals surface area contributed by atoms with Crippen molar-refractivity contribution >= 4 is 17.8 Å². The van der Waals surface area contributed by atoms with E-state index in [9.17, 15) is 19.5 Å². The van der Waals surface area contributed by atoms with Crippen molar-refractivity contribution in [3.8, 4) is 0 Å². The van der Waals surface area contributed by atoms with Crippen molar-refractivity contribution in [2.45, 2.75) is 89.5 Å². The van der Waals surface area contributed by atoms with Crippen molar-refractivity contribution in [2.75, 3.05) is 26.3 Å². The van der Waals surface area contributed by atoms with Crippen molar-refractivity contribution in [3.63, 3.8) is 0 Å². The number of aliphatic hydroxyl groups is 1. The maximum absolute atomic E-state index is 14.3. The summed E-state index contributed by atoms with van der Waals surface area (Å²) in [6.45, 7) is 8.95. The van der Waals surface area contributed by atoms with E-state index in [0.717, 1.165) is 32.1 Å². The molecule has 200 valence electrons. The number of unbranched alkanes of at least 4 members (excludes halogenated alkanes) is 2. The molecule has 1 N–H and O–H groups in total. The highest BCUT2D eigenvalue weighted by Gasteiger charge is 2.75. The number of esters is 1. The number of hydrogen-bond acceptors (Lipinski definition) is 6. The molecule has 4 rings (SSSR count). The molecule has 0 aromatic carbocycles. The number of nitrogens with zero attached hydrogens (tertiary/aromatic N) is 2. The summed E-state index contributed by atoms with van der Waals surface area (Å²) in [5.74, 6) is -2.79. The second-order valence-corrected chi connectivity index (χ2v) is 11.0. The van der Waals surface area contributed by atoms with Crippen molar-refractivity contribution in [2.24, 2.45) is 17.8 Å². The lowest BCUT2D eigenvalue weighted by Gasteiger charge is -2.41. The third kappa shape index (κ3) is 4.30. The van der Waals surface area contributed by atoms with E-state index >= 15 is 0 Å². The number of aliphatic hydroxyl groups excluding tert-OH is 1. The van der Waals surface area contributed by atoms with E-state index in [4.69, 9.17) is 9.47 Å². The normalized spacial score (nSPS) is 36.7. The molecule has 1 spiro atoms. The number of carbonyl (C=O) groups is 3. The number of amides is 2. The fourth-order valence-electron chi connectivity index (χ4n) is 6.55. The largest absolute Gasteiger partial charge is 0.465 e. The first-order valence-electron chi connectivity index (χ1n) is 13.7. The van der Waals surface area contributed by atoms with Crippen LogP contribution >= 0.6 is 0 Å². The minimum absolute atomic E-state index is 0.0397. The Morgan fingerprint density at radius 3 is 2.58 bits per heavy atom.